The van der Waals surface area contributed by atoms with E-state index in [0.29, 0.717) is 18.7 Å². The van der Waals surface area contributed by atoms with Crippen molar-refractivity contribution >= 4 is 11.0 Å². The largest absolute Gasteiger partial charge is 0.456 e. The fraction of sp³-hybridized carbons (Fsp3) is 0.385. The van der Waals surface area contributed by atoms with Gasteiger partial charge in [-0.3, -0.25) is 0 Å². The maximum Gasteiger partial charge on any atom is 0.173 e. The first kappa shape index (κ1) is 12.0. The number of furan rings is 1. The number of rotatable bonds is 4. The van der Waals surface area contributed by atoms with Gasteiger partial charge in [-0.15, -0.1) is 0 Å². The summed E-state index contributed by atoms with van der Waals surface area (Å²) >= 11 is 0. The summed E-state index contributed by atoms with van der Waals surface area (Å²) in [5, 5.41) is 3.38. The van der Waals surface area contributed by atoms with Crippen LogP contribution >= 0.6 is 0 Å². The van der Waals surface area contributed by atoms with Gasteiger partial charge < -0.3 is 9.73 Å². The van der Waals surface area contributed by atoms with Crippen LogP contribution in [0.25, 0.3) is 11.0 Å². The van der Waals surface area contributed by atoms with E-state index >= 15 is 0 Å². The standard InChI is InChI=1S/C13H15F2NO/c1-3-8-11(7-16-4-2)17-13-10(15)6-5-9(14)12(8)13/h5-6,16H,3-4,7H2,1-2H3. The van der Waals surface area contributed by atoms with Gasteiger partial charge in [0.25, 0.3) is 0 Å². The zero-order valence-corrected chi connectivity index (χ0v) is 9.94. The first-order valence-corrected chi connectivity index (χ1v) is 5.78. The van der Waals surface area contributed by atoms with E-state index in [1.54, 1.807) is 0 Å². The molecule has 4 heteroatoms. The molecule has 92 valence electrons. The second-order valence-electron chi connectivity index (χ2n) is 3.87. The molecule has 2 nitrogen and oxygen atoms in total. The maximum absolute atomic E-state index is 13.7. The minimum Gasteiger partial charge on any atom is -0.456 e. The van der Waals surface area contributed by atoms with E-state index in [9.17, 15) is 8.78 Å². The minimum atomic E-state index is -0.515. The highest BCUT2D eigenvalue weighted by molar-refractivity contribution is 5.83. The Kier molecular flexibility index (Phi) is 3.43. The second-order valence-corrected chi connectivity index (χ2v) is 3.87. The van der Waals surface area contributed by atoms with Crippen molar-refractivity contribution < 1.29 is 13.2 Å². The van der Waals surface area contributed by atoms with Crippen molar-refractivity contribution in [2.75, 3.05) is 6.54 Å². The third kappa shape index (κ3) is 2.05. The predicted octanol–water partition coefficient (Wildman–Crippen LogP) is 3.38. The van der Waals surface area contributed by atoms with E-state index in [1.165, 1.54) is 0 Å². The van der Waals surface area contributed by atoms with Crippen LogP contribution < -0.4 is 5.32 Å². The third-order valence-corrected chi connectivity index (χ3v) is 2.81. The summed E-state index contributed by atoms with van der Waals surface area (Å²) in [5.41, 5.74) is 0.771. The van der Waals surface area contributed by atoms with Crippen LogP contribution in [0, 0.1) is 11.6 Å². The first-order valence-electron chi connectivity index (χ1n) is 5.78. The summed E-state index contributed by atoms with van der Waals surface area (Å²) in [6, 6.07) is 2.24. The summed E-state index contributed by atoms with van der Waals surface area (Å²) in [6.07, 6.45) is 0.619. The Hall–Kier alpha value is -1.42. The molecule has 0 unspecified atom stereocenters. The lowest BCUT2D eigenvalue weighted by molar-refractivity contribution is 0.494. The van der Waals surface area contributed by atoms with Crippen LogP contribution in [-0.4, -0.2) is 6.54 Å². The molecule has 2 aromatic rings. The lowest BCUT2D eigenvalue weighted by atomic mass is 10.1. The molecule has 0 amide bonds. The molecule has 0 radical (unpaired) electrons. The van der Waals surface area contributed by atoms with Crippen LogP contribution in [0.4, 0.5) is 8.78 Å². The van der Waals surface area contributed by atoms with Crippen molar-refractivity contribution in [3.63, 3.8) is 0 Å². The number of halogens is 2. The Morgan fingerprint density at radius 3 is 2.53 bits per heavy atom. The van der Waals surface area contributed by atoms with E-state index in [0.717, 1.165) is 24.2 Å². The predicted molar refractivity (Wildman–Crippen MR) is 62.9 cm³/mol. The number of benzene rings is 1. The van der Waals surface area contributed by atoms with Gasteiger partial charge in [-0.05, 0) is 25.1 Å². The average Bonchev–Trinajstić information content (AvgIpc) is 2.71. The lowest BCUT2D eigenvalue weighted by Gasteiger charge is -2.00. The van der Waals surface area contributed by atoms with Crippen LogP contribution in [0.3, 0.4) is 0 Å². The minimum absolute atomic E-state index is 0.0229. The Labute approximate surface area is 98.6 Å². The molecule has 2 rings (SSSR count). The summed E-state index contributed by atoms with van der Waals surface area (Å²) in [4.78, 5) is 0. The molecule has 1 heterocycles. The van der Waals surface area contributed by atoms with Crippen LogP contribution in [-0.2, 0) is 13.0 Å². The van der Waals surface area contributed by atoms with Crippen LogP contribution in [0.1, 0.15) is 25.2 Å². The molecule has 0 spiro atoms. The van der Waals surface area contributed by atoms with Crippen LogP contribution in [0.2, 0.25) is 0 Å². The average molecular weight is 239 g/mol. The van der Waals surface area contributed by atoms with E-state index in [4.69, 9.17) is 4.42 Å². The van der Waals surface area contributed by atoms with Crippen molar-refractivity contribution in [2.24, 2.45) is 0 Å². The van der Waals surface area contributed by atoms with Crippen molar-refractivity contribution in [3.05, 3.63) is 35.1 Å². The SMILES string of the molecule is CCNCc1oc2c(F)ccc(F)c2c1CC. The summed E-state index contributed by atoms with van der Waals surface area (Å²) in [6.45, 7) is 5.15. The molecule has 0 fully saturated rings. The van der Waals surface area contributed by atoms with E-state index < -0.39 is 11.6 Å². The molecule has 0 bridgehead atoms. The van der Waals surface area contributed by atoms with Crippen LogP contribution in [0.15, 0.2) is 16.5 Å². The van der Waals surface area contributed by atoms with Gasteiger partial charge in [-0.2, -0.15) is 0 Å². The van der Waals surface area contributed by atoms with Crippen molar-refractivity contribution in [1.29, 1.82) is 0 Å². The fourth-order valence-corrected chi connectivity index (χ4v) is 1.99. The Bertz CT molecular complexity index is 534. The normalized spacial score (nSPS) is 11.3. The lowest BCUT2D eigenvalue weighted by Crippen LogP contribution is -2.12. The molecule has 0 atom stereocenters. The zero-order chi connectivity index (χ0) is 12.4. The van der Waals surface area contributed by atoms with Gasteiger partial charge in [0.15, 0.2) is 11.4 Å². The molecule has 0 aliphatic carbocycles. The van der Waals surface area contributed by atoms with Gasteiger partial charge in [0, 0.05) is 5.56 Å². The molecule has 17 heavy (non-hydrogen) atoms. The van der Waals surface area contributed by atoms with Gasteiger partial charge in [0.2, 0.25) is 0 Å². The topological polar surface area (TPSA) is 25.2 Å². The smallest absolute Gasteiger partial charge is 0.173 e. The monoisotopic (exact) mass is 239 g/mol. The molecule has 0 saturated heterocycles. The molecule has 0 aliphatic heterocycles. The Morgan fingerprint density at radius 2 is 1.88 bits per heavy atom. The van der Waals surface area contributed by atoms with Crippen molar-refractivity contribution in [2.45, 2.75) is 26.8 Å². The number of aryl methyl sites for hydroxylation is 1. The Balaban J connectivity index is 2.62. The van der Waals surface area contributed by atoms with Crippen molar-refractivity contribution in [1.82, 2.24) is 5.32 Å². The summed E-state index contributed by atoms with van der Waals surface area (Å²) in [7, 11) is 0. The van der Waals surface area contributed by atoms with E-state index in [1.807, 2.05) is 13.8 Å². The van der Waals surface area contributed by atoms with Gasteiger partial charge in [-0.25, -0.2) is 8.78 Å². The summed E-state index contributed by atoms with van der Waals surface area (Å²) in [5.74, 6) is -0.322. The third-order valence-electron chi connectivity index (χ3n) is 2.81. The highest BCUT2D eigenvalue weighted by Gasteiger charge is 2.18. The number of hydrogen-bond donors (Lipinski definition) is 1. The highest BCUT2D eigenvalue weighted by Crippen LogP contribution is 2.30. The maximum atomic E-state index is 13.7. The first-order chi connectivity index (χ1) is 8.19. The number of nitrogens with one attached hydrogen (secondary N) is 1. The van der Waals surface area contributed by atoms with Gasteiger partial charge in [-0.1, -0.05) is 13.8 Å². The molecular weight excluding hydrogens is 224 g/mol. The van der Waals surface area contributed by atoms with Gasteiger partial charge in [0.05, 0.1) is 11.9 Å². The van der Waals surface area contributed by atoms with Crippen LogP contribution in [0.5, 0.6) is 0 Å². The molecule has 0 saturated carbocycles. The molecule has 0 aliphatic rings. The second kappa shape index (κ2) is 4.84. The molecular formula is C13H15F2NO. The quantitative estimate of drug-likeness (QED) is 0.884. The number of hydrogen-bond acceptors (Lipinski definition) is 2. The summed E-state index contributed by atoms with van der Waals surface area (Å²) < 4.78 is 32.7. The van der Waals surface area contributed by atoms with E-state index in [2.05, 4.69) is 5.32 Å². The van der Waals surface area contributed by atoms with E-state index in [-0.39, 0.29) is 11.0 Å². The zero-order valence-electron chi connectivity index (χ0n) is 9.94. The number of fused-ring (bicyclic) bond motifs is 1. The highest BCUT2D eigenvalue weighted by atomic mass is 19.1. The van der Waals surface area contributed by atoms with Crippen molar-refractivity contribution in [3.8, 4) is 0 Å². The Morgan fingerprint density at radius 1 is 1.18 bits per heavy atom. The molecule has 1 aromatic heterocycles. The van der Waals surface area contributed by atoms with Gasteiger partial charge in [0.1, 0.15) is 11.6 Å². The fourth-order valence-electron chi connectivity index (χ4n) is 1.99. The van der Waals surface area contributed by atoms with Gasteiger partial charge >= 0.3 is 0 Å². The molecule has 1 aromatic carbocycles. The molecule has 1 N–H and O–H groups in total.